The molecule has 6 nitrogen and oxygen atoms in total. The minimum atomic E-state index is -4.44. The van der Waals surface area contributed by atoms with Crippen LogP contribution in [-0.2, 0) is 10.0 Å². The molecule has 0 atom stereocenters. The standard InChI is InChI=1S/C12H22F2N4O2S/c1-3-6-16-12(15-2)17-9-10-4-7-18(8-5-10)21(19,20)11(13)14/h3,10-11H,1,4-9H2,2H3,(H2,15,16,17). The summed E-state index contributed by atoms with van der Waals surface area (Å²) < 4.78 is 48.4. The molecule has 0 saturated carbocycles. The molecule has 1 rings (SSSR count). The van der Waals surface area contributed by atoms with Crippen LogP contribution in [0.5, 0.6) is 0 Å². The van der Waals surface area contributed by atoms with Gasteiger partial charge in [0.05, 0.1) is 0 Å². The molecule has 0 radical (unpaired) electrons. The summed E-state index contributed by atoms with van der Waals surface area (Å²) in [4.78, 5) is 4.03. The highest BCUT2D eigenvalue weighted by molar-refractivity contribution is 7.89. The SMILES string of the molecule is C=CCNC(=NC)NCC1CCN(S(=O)(=O)C(F)F)CC1. The highest BCUT2D eigenvalue weighted by atomic mass is 32.2. The molecule has 1 heterocycles. The molecule has 0 aromatic carbocycles. The molecule has 0 spiro atoms. The van der Waals surface area contributed by atoms with Crippen molar-refractivity contribution in [3.8, 4) is 0 Å². The van der Waals surface area contributed by atoms with Gasteiger partial charge in [-0.2, -0.15) is 13.1 Å². The maximum atomic E-state index is 12.4. The minimum absolute atomic E-state index is 0.137. The fourth-order valence-electron chi connectivity index (χ4n) is 2.11. The summed E-state index contributed by atoms with van der Waals surface area (Å²) in [7, 11) is -2.79. The summed E-state index contributed by atoms with van der Waals surface area (Å²) in [6.45, 7) is 5.08. The molecule has 9 heteroatoms. The minimum Gasteiger partial charge on any atom is -0.356 e. The Kier molecular flexibility index (Phi) is 7.03. The molecule has 122 valence electrons. The van der Waals surface area contributed by atoms with Crippen LogP contribution in [0.15, 0.2) is 17.6 Å². The monoisotopic (exact) mass is 324 g/mol. The van der Waals surface area contributed by atoms with Gasteiger partial charge in [-0.15, -0.1) is 6.58 Å². The molecule has 1 aliphatic heterocycles. The average Bonchev–Trinajstić information content (AvgIpc) is 2.47. The van der Waals surface area contributed by atoms with Crippen LogP contribution in [0.4, 0.5) is 8.78 Å². The average molecular weight is 324 g/mol. The summed E-state index contributed by atoms with van der Waals surface area (Å²) >= 11 is 0. The van der Waals surface area contributed by atoms with E-state index in [9.17, 15) is 17.2 Å². The number of aliphatic imine (C=N–C) groups is 1. The van der Waals surface area contributed by atoms with Crippen LogP contribution in [0.25, 0.3) is 0 Å². The van der Waals surface area contributed by atoms with E-state index in [0.29, 0.717) is 31.9 Å². The maximum Gasteiger partial charge on any atom is 0.350 e. The van der Waals surface area contributed by atoms with Gasteiger partial charge in [0, 0.05) is 33.2 Å². The number of hydrogen-bond donors (Lipinski definition) is 2. The number of rotatable bonds is 6. The van der Waals surface area contributed by atoms with Crippen LogP contribution in [0.2, 0.25) is 0 Å². The molecule has 0 unspecified atom stereocenters. The van der Waals surface area contributed by atoms with E-state index in [0.717, 1.165) is 4.31 Å². The fourth-order valence-corrected chi connectivity index (χ4v) is 3.06. The lowest BCUT2D eigenvalue weighted by Crippen LogP contribution is -2.45. The second-order valence-corrected chi connectivity index (χ2v) is 6.67. The van der Waals surface area contributed by atoms with E-state index in [2.05, 4.69) is 22.2 Å². The zero-order valence-electron chi connectivity index (χ0n) is 12.1. The summed E-state index contributed by atoms with van der Waals surface area (Å²) in [5.74, 6) is -2.47. The van der Waals surface area contributed by atoms with E-state index in [1.807, 2.05) is 0 Å². The first-order valence-electron chi connectivity index (χ1n) is 6.74. The second kappa shape index (κ2) is 8.28. The maximum absolute atomic E-state index is 12.4. The molecular formula is C12H22F2N4O2S. The number of nitrogens with zero attached hydrogens (tertiary/aromatic N) is 2. The van der Waals surface area contributed by atoms with Gasteiger partial charge in [0.25, 0.3) is 10.0 Å². The van der Waals surface area contributed by atoms with Crippen LogP contribution in [0, 0.1) is 5.92 Å². The van der Waals surface area contributed by atoms with Crippen molar-refractivity contribution in [2.75, 3.05) is 33.2 Å². The first-order chi connectivity index (χ1) is 9.91. The highest BCUT2D eigenvalue weighted by Gasteiger charge is 2.34. The molecule has 0 aliphatic carbocycles. The predicted octanol–water partition coefficient (Wildman–Crippen LogP) is 0.602. The summed E-state index contributed by atoms with van der Waals surface area (Å²) in [6.07, 6.45) is 2.81. The Labute approximate surface area is 124 Å². The van der Waals surface area contributed by atoms with Crippen molar-refractivity contribution in [1.29, 1.82) is 0 Å². The summed E-state index contributed by atoms with van der Waals surface area (Å²) in [5.41, 5.74) is 0. The molecule has 0 aromatic heterocycles. The van der Waals surface area contributed by atoms with Gasteiger partial charge in [-0.1, -0.05) is 6.08 Å². The Morgan fingerprint density at radius 2 is 2.05 bits per heavy atom. The summed E-state index contributed by atoms with van der Waals surface area (Å²) in [6, 6.07) is 0. The quantitative estimate of drug-likeness (QED) is 0.426. The fraction of sp³-hybridized carbons (Fsp3) is 0.750. The van der Waals surface area contributed by atoms with Crippen LogP contribution >= 0.6 is 0 Å². The molecule has 21 heavy (non-hydrogen) atoms. The molecule has 1 fully saturated rings. The Morgan fingerprint density at radius 1 is 1.43 bits per heavy atom. The van der Waals surface area contributed by atoms with E-state index in [1.165, 1.54) is 0 Å². The predicted molar refractivity (Wildman–Crippen MR) is 78.8 cm³/mol. The third-order valence-corrected chi connectivity index (χ3v) is 4.89. The Balaban J connectivity index is 2.39. The highest BCUT2D eigenvalue weighted by Crippen LogP contribution is 2.22. The van der Waals surface area contributed by atoms with Crippen LogP contribution in [0.1, 0.15) is 12.8 Å². The molecule has 1 saturated heterocycles. The van der Waals surface area contributed by atoms with E-state index in [-0.39, 0.29) is 19.0 Å². The number of sulfonamides is 1. The van der Waals surface area contributed by atoms with Crippen LogP contribution < -0.4 is 10.6 Å². The summed E-state index contributed by atoms with van der Waals surface area (Å²) in [5, 5.41) is 6.15. The first-order valence-corrected chi connectivity index (χ1v) is 8.24. The molecule has 0 amide bonds. The number of nitrogens with one attached hydrogen (secondary N) is 2. The molecule has 0 bridgehead atoms. The van der Waals surface area contributed by atoms with Gasteiger partial charge in [-0.05, 0) is 18.8 Å². The molecule has 0 aromatic rings. The van der Waals surface area contributed by atoms with Crippen molar-refractivity contribution in [1.82, 2.24) is 14.9 Å². The largest absolute Gasteiger partial charge is 0.356 e. The van der Waals surface area contributed by atoms with Crippen molar-refractivity contribution in [2.24, 2.45) is 10.9 Å². The van der Waals surface area contributed by atoms with E-state index >= 15 is 0 Å². The molecule has 2 N–H and O–H groups in total. The third-order valence-electron chi connectivity index (χ3n) is 3.35. The molecule has 1 aliphatic rings. The topological polar surface area (TPSA) is 73.8 Å². The zero-order chi connectivity index (χ0) is 15.9. The van der Waals surface area contributed by atoms with Crippen LogP contribution in [0.3, 0.4) is 0 Å². The van der Waals surface area contributed by atoms with Gasteiger partial charge in [0.2, 0.25) is 0 Å². The van der Waals surface area contributed by atoms with Gasteiger partial charge in [-0.3, -0.25) is 4.99 Å². The Bertz CT molecular complexity index is 460. The Hall–Kier alpha value is -1.22. The first kappa shape index (κ1) is 17.8. The van der Waals surface area contributed by atoms with Crippen molar-refractivity contribution in [3.05, 3.63) is 12.7 Å². The van der Waals surface area contributed by atoms with E-state index in [4.69, 9.17) is 0 Å². The number of guanidine groups is 1. The van der Waals surface area contributed by atoms with Gasteiger partial charge >= 0.3 is 5.76 Å². The normalized spacial score (nSPS) is 18.8. The number of alkyl halides is 2. The third kappa shape index (κ3) is 5.24. The lowest BCUT2D eigenvalue weighted by Gasteiger charge is -2.31. The van der Waals surface area contributed by atoms with Gasteiger partial charge in [0.1, 0.15) is 0 Å². The van der Waals surface area contributed by atoms with E-state index in [1.54, 1.807) is 13.1 Å². The van der Waals surface area contributed by atoms with Crippen molar-refractivity contribution in [2.45, 2.75) is 18.6 Å². The number of hydrogen-bond acceptors (Lipinski definition) is 3. The van der Waals surface area contributed by atoms with Gasteiger partial charge in [0.15, 0.2) is 5.96 Å². The zero-order valence-corrected chi connectivity index (χ0v) is 12.9. The van der Waals surface area contributed by atoms with Crippen molar-refractivity contribution in [3.63, 3.8) is 0 Å². The lowest BCUT2D eigenvalue weighted by molar-refractivity contribution is 0.204. The number of piperidine rings is 1. The van der Waals surface area contributed by atoms with Crippen LogP contribution in [-0.4, -0.2) is 57.7 Å². The van der Waals surface area contributed by atoms with Gasteiger partial charge in [-0.25, -0.2) is 8.42 Å². The lowest BCUT2D eigenvalue weighted by atomic mass is 9.98. The Morgan fingerprint density at radius 3 is 2.52 bits per heavy atom. The molecular weight excluding hydrogens is 302 g/mol. The number of halogens is 2. The van der Waals surface area contributed by atoms with Gasteiger partial charge < -0.3 is 10.6 Å². The van der Waals surface area contributed by atoms with Crippen molar-refractivity contribution >= 4 is 16.0 Å². The smallest absolute Gasteiger partial charge is 0.350 e. The second-order valence-electron chi connectivity index (χ2n) is 4.77. The van der Waals surface area contributed by atoms with E-state index < -0.39 is 15.8 Å². The van der Waals surface area contributed by atoms with Crippen molar-refractivity contribution < 1.29 is 17.2 Å².